The van der Waals surface area contributed by atoms with Gasteiger partial charge in [-0.05, 0) is 53.3 Å². The Morgan fingerprint density at radius 1 is 1.20 bits per heavy atom. The Balaban J connectivity index is 2.15. The summed E-state index contributed by atoms with van der Waals surface area (Å²) in [5.41, 5.74) is 0.116. The highest BCUT2D eigenvalue weighted by Gasteiger charge is 2.27. The van der Waals surface area contributed by atoms with Gasteiger partial charge in [0.05, 0.1) is 16.5 Å². The van der Waals surface area contributed by atoms with Crippen LogP contribution in [0.25, 0.3) is 10.9 Å². The third-order valence-electron chi connectivity index (χ3n) is 3.49. The third-order valence-corrected chi connectivity index (χ3v) is 4.65. The summed E-state index contributed by atoms with van der Waals surface area (Å²) in [4.78, 5) is 13.6. The molecule has 3 rings (SSSR count). The van der Waals surface area contributed by atoms with E-state index in [1.165, 1.54) is 12.3 Å². The number of aromatic nitrogens is 1. The summed E-state index contributed by atoms with van der Waals surface area (Å²) < 4.78 is 48.0. The molecule has 128 valence electrons. The summed E-state index contributed by atoms with van der Waals surface area (Å²) in [5, 5.41) is 11.1. The number of benzene rings is 2. The van der Waals surface area contributed by atoms with Gasteiger partial charge >= 0.3 is 5.69 Å². The molecule has 1 aromatic heterocycles. The molecule has 0 aliphatic rings. The van der Waals surface area contributed by atoms with Crippen LogP contribution in [-0.2, 0) is 0 Å². The first-order valence-corrected chi connectivity index (χ1v) is 7.92. The molecule has 0 aliphatic heterocycles. The Labute approximate surface area is 152 Å². The molecule has 0 spiro atoms. The molecule has 25 heavy (non-hydrogen) atoms. The lowest BCUT2D eigenvalue weighted by Crippen LogP contribution is -2.02. The predicted octanol–water partition coefficient (Wildman–Crippen LogP) is 5.27. The van der Waals surface area contributed by atoms with Crippen LogP contribution in [0.5, 0.6) is 11.5 Å². The number of halogens is 4. The van der Waals surface area contributed by atoms with E-state index in [4.69, 9.17) is 4.74 Å². The van der Waals surface area contributed by atoms with Crippen molar-refractivity contribution in [3.05, 3.63) is 67.2 Å². The summed E-state index contributed by atoms with van der Waals surface area (Å²) in [5.74, 6) is -5.93. The smallest absolute Gasteiger partial charge is 0.311 e. The quantitative estimate of drug-likeness (QED) is 0.231. The molecule has 0 bridgehead atoms. The molecule has 0 saturated heterocycles. The zero-order valence-corrected chi connectivity index (χ0v) is 14.7. The molecule has 0 amide bonds. The van der Waals surface area contributed by atoms with Gasteiger partial charge < -0.3 is 4.74 Å². The monoisotopic (exact) mass is 460 g/mol. The average molecular weight is 460 g/mol. The van der Waals surface area contributed by atoms with Crippen LogP contribution in [0.2, 0.25) is 0 Å². The first-order valence-electron chi connectivity index (χ1n) is 6.84. The maximum Gasteiger partial charge on any atom is 0.311 e. The summed E-state index contributed by atoms with van der Waals surface area (Å²) in [6.45, 7) is 1.84. The van der Waals surface area contributed by atoms with Crippen LogP contribution in [0.15, 0.2) is 30.5 Å². The standard InChI is InChI=1S/C16H8F3IN2O3/c1-7-4-8-11(6-10(7)20)21-3-2-13(8)25-16-9(17)5-12(22(23)24)14(18)15(16)19/h2-6H,1H3. The van der Waals surface area contributed by atoms with Crippen molar-refractivity contribution in [1.82, 2.24) is 4.98 Å². The van der Waals surface area contributed by atoms with E-state index in [2.05, 4.69) is 27.6 Å². The Kier molecular flexibility index (Phi) is 4.50. The molecule has 5 nitrogen and oxygen atoms in total. The zero-order valence-electron chi connectivity index (χ0n) is 12.5. The highest BCUT2D eigenvalue weighted by Crippen LogP contribution is 2.36. The minimum atomic E-state index is -1.79. The van der Waals surface area contributed by atoms with Crippen LogP contribution in [0, 0.1) is 38.1 Å². The molecular formula is C16H8F3IN2O3. The normalized spacial score (nSPS) is 10.9. The van der Waals surface area contributed by atoms with Crippen molar-refractivity contribution in [2.24, 2.45) is 0 Å². The molecule has 1 heterocycles. The lowest BCUT2D eigenvalue weighted by molar-refractivity contribution is -0.388. The van der Waals surface area contributed by atoms with Gasteiger partial charge in [0.15, 0.2) is 5.82 Å². The molecule has 0 unspecified atom stereocenters. The lowest BCUT2D eigenvalue weighted by Gasteiger charge is -2.11. The van der Waals surface area contributed by atoms with E-state index in [-0.39, 0.29) is 11.8 Å². The molecule has 0 atom stereocenters. The third kappa shape index (κ3) is 3.11. The highest BCUT2D eigenvalue weighted by molar-refractivity contribution is 14.1. The highest BCUT2D eigenvalue weighted by atomic mass is 127. The molecular weight excluding hydrogens is 452 g/mol. The fraction of sp³-hybridized carbons (Fsp3) is 0.0625. The summed E-state index contributed by atoms with van der Waals surface area (Å²) in [6.07, 6.45) is 1.38. The van der Waals surface area contributed by atoms with E-state index in [1.54, 1.807) is 12.1 Å². The maximum absolute atomic E-state index is 14.1. The molecule has 9 heteroatoms. The van der Waals surface area contributed by atoms with Crippen LogP contribution in [-0.4, -0.2) is 9.91 Å². The first kappa shape index (κ1) is 17.4. The number of pyridine rings is 1. The number of ether oxygens (including phenoxy) is 1. The summed E-state index contributed by atoms with van der Waals surface area (Å²) in [7, 11) is 0. The second kappa shape index (κ2) is 6.47. The zero-order chi connectivity index (χ0) is 18.3. The minimum Gasteiger partial charge on any atom is -0.450 e. The fourth-order valence-corrected chi connectivity index (χ4v) is 2.69. The van der Waals surface area contributed by atoms with Crippen molar-refractivity contribution in [3.8, 4) is 11.5 Å². The molecule has 2 aromatic carbocycles. The number of aryl methyl sites for hydroxylation is 1. The first-order chi connectivity index (χ1) is 11.8. The van der Waals surface area contributed by atoms with Crippen molar-refractivity contribution in [2.75, 3.05) is 0 Å². The van der Waals surface area contributed by atoms with Crippen molar-refractivity contribution in [2.45, 2.75) is 6.92 Å². The van der Waals surface area contributed by atoms with Crippen molar-refractivity contribution in [1.29, 1.82) is 0 Å². The van der Waals surface area contributed by atoms with E-state index >= 15 is 0 Å². The van der Waals surface area contributed by atoms with Gasteiger partial charge in [-0.2, -0.15) is 8.78 Å². The second-order valence-electron chi connectivity index (χ2n) is 5.12. The minimum absolute atomic E-state index is 0.0514. The maximum atomic E-state index is 14.1. The molecule has 3 aromatic rings. The number of nitro groups is 1. The Morgan fingerprint density at radius 3 is 2.60 bits per heavy atom. The van der Waals surface area contributed by atoms with Crippen LogP contribution in [0.1, 0.15) is 5.56 Å². The van der Waals surface area contributed by atoms with E-state index in [1.807, 2.05) is 6.92 Å². The summed E-state index contributed by atoms with van der Waals surface area (Å²) in [6, 6.07) is 5.14. The van der Waals surface area contributed by atoms with Crippen molar-refractivity contribution >= 4 is 39.2 Å². The Morgan fingerprint density at radius 2 is 1.92 bits per heavy atom. The Hall–Kier alpha value is -2.43. The SMILES string of the molecule is Cc1cc2c(Oc3c(F)cc([N+](=O)[O-])c(F)c3F)ccnc2cc1I. The van der Waals surface area contributed by atoms with E-state index in [0.717, 1.165) is 9.13 Å². The summed E-state index contributed by atoms with van der Waals surface area (Å²) >= 11 is 2.12. The molecule has 0 fully saturated rings. The van der Waals surface area contributed by atoms with Gasteiger partial charge in [0.2, 0.25) is 17.4 Å². The fourth-order valence-electron chi connectivity index (χ4n) is 2.24. The predicted molar refractivity (Wildman–Crippen MR) is 92.2 cm³/mol. The van der Waals surface area contributed by atoms with Gasteiger partial charge in [-0.25, -0.2) is 4.39 Å². The molecule has 0 radical (unpaired) electrons. The van der Waals surface area contributed by atoms with Crippen molar-refractivity contribution < 1.29 is 22.8 Å². The molecule has 0 N–H and O–H groups in total. The van der Waals surface area contributed by atoms with Gasteiger partial charge in [-0.1, -0.05) is 0 Å². The molecule has 0 saturated carbocycles. The average Bonchev–Trinajstić information content (AvgIpc) is 2.56. The van der Waals surface area contributed by atoms with Crippen LogP contribution in [0.3, 0.4) is 0 Å². The number of hydrogen-bond acceptors (Lipinski definition) is 4. The van der Waals surface area contributed by atoms with Gasteiger partial charge in [-0.3, -0.25) is 15.1 Å². The number of nitro benzene ring substituents is 1. The lowest BCUT2D eigenvalue weighted by atomic mass is 10.1. The van der Waals surface area contributed by atoms with Crippen LogP contribution >= 0.6 is 22.6 Å². The van der Waals surface area contributed by atoms with Crippen LogP contribution in [0.4, 0.5) is 18.9 Å². The van der Waals surface area contributed by atoms with E-state index in [9.17, 15) is 23.3 Å². The largest absolute Gasteiger partial charge is 0.450 e. The Bertz CT molecular complexity index is 1030. The van der Waals surface area contributed by atoms with Crippen molar-refractivity contribution in [3.63, 3.8) is 0 Å². The van der Waals surface area contributed by atoms with Gasteiger partial charge in [0.1, 0.15) is 5.75 Å². The molecule has 0 aliphatic carbocycles. The number of rotatable bonds is 3. The number of hydrogen-bond donors (Lipinski definition) is 0. The second-order valence-corrected chi connectivity index (χ2v) is 6.28. The van der Waals surface area contributed by atoms with Gasteiger partial charge in [-0.15, -0.1) is 0 Å². The van der Waals surface area contributed by atoms with E-state index < -0.39 is 33.8 Å². The van der Waals surface area contributed by atoms with Gasteiger partial charge in [0, 0.05) is 15.2 Å². The topological polar surface area (TPSA) is 65.3 Å². The van der Waals surface area contributed by atoms with E-state index in [0.29, 0.717) is 10.9 Å². The number of nitrogens with zero attached hydrogens (tertiary/aromatic N) is 2. The van der Waals surface area contributed by atoms with Crippen LogP contribution < -0.4 is 4.74 Å². The van der Waals surface area contributed by atoms with Gasteiger partial charge in [0.25, 0.3) is 0 Å². The number of fused-ring (bicyclic) bond motifs is 1.